The Morgan fingerprint density at radius 3 is 2.25 bits per heavy atom. The molecule has 0 atom stereocenters. The van der Waals surface area contributed by atoms with E-state index < -0.39 is 10.0 Å². The quantitative estimate of drug-likeness (QED) is 0.761. The summed E-state index contributed by atoms with van der Waals surface area (Å²) < 4.78 is 26.6. The second kappa shape index (κ2) is 3.70. The maximum absolute atomic E-state index is 12.4. The van der Waals surface area contributed by atoms with E-state index in [2.05, 4.69) is 0 Å². The molecule has 2 saturated carbocycles. The molecule has 2 aliphatic carbocycles. The Bertz CT molecular complexity index is 368. The first-order valence-corrected chi connectivity index (χ1v) is 8.24. The molecular formula is C12H21NO2S. The summed E-state index contributed by atoms with van der Waals surface area (Å²) in [7, 11) is -2.96. The minimum atomic E-state index is -2.96. The summed E-state index contributed by atoms with van der Waals surface area (Å²) in [5.74, 6) is 0.886. The van der Waals surface area contributed by atoms with Crippen LogP contribution in [0.1, 0.15) is 51.4 Å². The summed E-state index contributed by atoms with van der Waals surface area (Å²) in [6.45, 7) is 0.787. The van der Waals surface area contributed by atoms with Gasteiger partial charge >= 0.3 is 0 Å². The molecule has 0 N–H and O–H groups in total. The molecule has 1 spiro atoms. The lowest BCUT2D eigenvalue weighted by molar-refractivity contribution is 0.127. The van der Waals surface area contributed by atoms with Crippen LogP contribution in [0.4, 0.5) is 0 Å². The van der Waals surface area contributed by atoms with Crippen molar-refractivity contribution in [2.45, 2.75) is 56.9 Å². The van der Waals surface area contributed by atoms with Crippen LogP contribution in [0, 0.1) is 5.92 Å². The number of hydrogen-bond acceptors (Lipinski definition) is 2. The molecule has 0 aromatic carbocycles. The average molecular weight is 243 g/mol. The fraction of sp³-hybridized carbons (Fsp3) is 1.00. The van der Waals surface area contributed by atoms with Crippen LogP contribution in [-0.4, -0.2) is 30.6 Å². The molecule has 0 bridgehead atoms. The molecule has 0 aromatic heterocycles. The summed E-state index contributed by atoms with van der Waals surface area (Å²) in [5.41, 5.74) is 0.0720. The molecule has 0 radical (unpaired) electrons. The minimum Gasteiger partial charge on any atom is -0.212 e. The standard InChI is InChI=1S/C12H21NO2S/c14-16(15,10-11-4-1-5-11)13-9-3-8-12(13)6-2-7-12/h11H,1-10H2. The lowest BCUT2D eigenvalue weighted by atomic mass is 9.76. The van der Waals surface area contributed by atoms with Crippen molar-refractivity contribution in [1.82, 2.24) is 4.31 Å². The van der Waals surface area contributed by atoms with E-state index in [1.165, 1.54) is 12.8 Å². The van der Waals surface area contributed by atoms with E-state index >= 15 is 0 Å². The minimum absolute atomic E-state index is 0.0720. The highest BCUT2D eigenvalue weighted by Crippen LogP contribution is 2.47. The molecule has 1 aliphatic heterocycles. The highest BCUT2D eigenvalue weighted by Gasteiger charge is 2.50. The molecule has 0 unspecified atom stereocenters. The third-order valence-electron chi connectivity index (χ3n) is 4.82. The largest absolute Gasteiger partial charge is 0.214 e. The van der Waals surface area contributed by atoms with Crippen molar-refractivity contribution in [3.8, 4) is 0 Å². The summed E-state index contributed by atoms with van der Waals surface area (Å²) in [4.78, 5) is 0. The van der Waals surface area contributed by atoms with Crippen molar-refractivity contribution in [3.63, 3.8) is 0 Å². The molecule has 0 amide bonds. The van der Waals surface area contributed by atoms with E-state index in [0.29, 0.717) is 11.7 Å². The lowest BCUT2D eigenvalue weighted by Gasteiger charge is -2.45. The first kappa shape index (κ1) is 11.0. The van der Waals surface area contributed by atoms with Crippen molar-refractivity contribution in [1.29, 1.82) is 0 Å². The maximum Gasteiger partial charge on any atom is 0.214 e. The van der Waals surface area contributed by atoms with E-state index in [1.54, 1.807) is 0 Å². The van der Waals surface area contributed by atoms with Gasteiger partial charge in [0.1, 0.15) is 0 Å². The van der Waals surface area contributed by atoms with E-state index in [-0.39, 0.29) is 5.54 Å². The van der Waals surface area contributed by atoms with E-state index in [9.17, 15) is 8.42 Å². The second-order valence-corrected chi connectivity index (χ2v) is 7.77. The van der Waals surface area contributed by atoms with Gasteiger partial charge in [-0.05, 0) is 50.9 Å². The van der Waals surface area contributed by atoms with Crippen molar-refractivity contribution >= 4 is 10.0 Å². The lowest BCUT2D eigenvalue weighted by Crippen LogP contribution is -2.53. The van der Waals surface area contributed by atoms with Crippen LogP contribution >= 0.6 is 0 Å². The Labute approximate surface area is 98.3 Å². The van der Waals surface area contributed by atoms with Crippen LogP contribution < -0.4 is 0 Å². The third kappa shape index (κ3) is 1.61. The van der Waals surface area contributed by atoms with Crippen molar-refractivity contribution in [3.05, 3.63) is 0 Å². The topological polar surface area (TPSA) is 37.4 Å². The molecule has 92 valence electrons. The fourth-order valence-corrected chi connectivity index (χ4v) is 5.86. The van der Waals surface area contributed by atoms with Gasteiger partial charge in [-0.15, -0.1) is 0 Å². The first-order chi connectivity index (χ1) is 7.62. The predicted molar refractivity (Wildman–Crippen MR) is 63.6 cm³/mol. The normalized spacial score (nSPS) is 30.2. The van der Waals surface area contributed by atoms with Crippen LogP contribution in [0.25, 0.3) is 0 Å². The average Bonchev–Trinajstić information content (AvgIpc) is 2.55. The molecule has 3 fully saturated rings. The molecule has 3 aliphatic rings. The zero-order valence-electron chi connectivity index (χ0n) is 9.82. The van der Waals surface area contributed by atoms with Gasteiger partial charge in [0.2, 0.25) is 10.0 Å². The third-order valence-corrected chi connectivity index (χ3v) is 6.96. The van der Waals surface area contributed by atoms with Gasteiger partial charge in [0.05, 0.1) is 5.75 Å². The second-order valence-electron chi connectivity index (χ2n) is 5.83. The molecule has 3 rings (SSSR count). The van der Waals surface area contributed by atoms with Crippen molar-refractivity contribution < 1.29 is 8.42 Å². The number of sulfonamides is 1. The van der Waals surface area contributed by atoms with Crippen LogP contribution in [0.2, 0.25) is 0 Å². The highest BCUT2D eigenvalue weighted by atomic mass is 32.2. The van der Waals surface area contributed by atoms with Gasteiger partial charge in [-0.3, -0.25) is 0 Å². The van der Waals surface area contributed by atoms with Gasteiger partial charge in [0.15, 0.2) is 0 Å². The van der Waals surface area contributed by atoms with Gasteiger partial charge in [0.25, 0.3) is 0 Å². The highest BCUT2D eigenvalue weighted by molar-refractivity contribution is 7.89. The van der Waals surface area contributed by atoms with Gasteiger partial charge in [-0.2, -0.15) is 4.31 Å². The van der Waals surface area contributed by atoms with Crippen LogP contribution in [0.15, 0.2) is 0 Å². The van der Waals surface area contributed by atoms with Crippen LogP contribution in [-0.2, 0) is 10.0 Å². The fourth-order valence-electron chi connectivity index (χ4n) is 3.48. The molecule has 3 nitrogen and oxygen atoms in total. The summed E-state index contributed by atoms with van der Waals surface area (Å²) >= 11 is 0. The summed E-state index contributed by atoms with van der Waals surface area (Å²) in [6, 6.07) is 0. The molecule has 0 aromatic rings. The molecular weight excluding hydrogens is 222 g/mol. The molecule has 1 heterocycles. The van der Waals surface area contributed by atoms with Crippen molar-refractivity contribution in [2.75, 3.05) is 12.3 Å². The van der Waals surface area contributed by atoms with Gasteiger partial charge in [0, 0.05) is 12.1 Å². The van der Waals surface area contributed by atoms with Gasteiger partial charge in [-0.1, -0.05) is 6.42 Å². The molecule has 1 saturated heterocycles. The SMILES string of the molecule is O=S(=O)(CC1CCC1)N1CCCC12CCC2. The number of nitrogens with zero attached hydrogens (tertiary/aromatic N) is 1. The van der Waals surface area contributed by atoms with E-state index in [0.717, 1.165) is 45.1 Å². The summed E-state index contributed by atoms with van der Waals surface area (Å²) in [6.07, 6.45) is 9.09. The van der Waals surface area contributed by atoms with Crippen LogP contribution in [0.5, 0.6) is 0 Å². The van der Waals surface area contributed by atoms with Crippen molar-refractivity contribution in [2.24, 2.45) is 5.92 Å². The first-order valence-electron chi connectivity index (χ1n) is 6.63. The number of rotatable bonds is 3. The van der Waals surface area contributed by atoms with E-state index in [1.807, 2.05) is 4.31 Å². The zero-order valence-corrected chi connectivity index (χ0v) is 10.6. The summed E-state index contributed by atoms with van der Waals surface area (Å²) in [5, 5.41) is 0. The Hall–Kier alpha value is -0.0900. The Balaban J connectivity index is 1.74. The predicted octanol–water partition coefficient (Wildman–Crippen LogP) is 2.13. The monoisotopic (exact) mass is 243 g/mol. The Kier molecular flexibility index (Phi) is 2.55. The maximum atomic E-state index is 12.4. The van der Waals surface area contributed by atoms with Gasteiger partial charge in [-0.25, -0.2) is 8.42 Å². The Morgan fingerprint density at radius 2 is 1.75 bits per heavy atom. The number of hydrogen-bond donors (Lipinski definition) is 0. The van der Waals surface area contributed by atoms with Gasteiger partial charge < -0.3 is 0 Å². The Morgan fingerprint density at radius 1 is 1.06 bits per heavy atom. The van der Waals surface area contributed by atoms with Crippen LogP contribution in [0.3, 0.4) is 0 Å². The zero-order chi connectivity index (χ0) is 11.2. The molecule has 16 heavy (non-hydrogen) atoms. The van der Waals surface area contributed by atoms with E-state index in [4.69, 9.17) is 0 Å². The molecule has 4 heteroatoms. The smallest absolute Gasteiger partial charge is 0.212 e.